The van der Waals surface area contributed by atoms with Crippen molar-refractivity contribution in [2.24, 2.45) is 5.92 Å². The largest absolute Gasteiger partial charge is 0.756 e. The van der Waals surface area contributed by atoms with Crippen LogP contribution in [-0.2, 0) is 23.1 Å². The van der Waals surface area contributed by atoms with Crippen LogP contribution in [0.25, 0.3) is 0 Å². The van der Waals surface area contributed by atoms with E-state index in [1.807, 2.05) is 21.1 Å². The lowest BCUT2D eigenvalue weighted by molar-refractivity contribution is -0.870. The van der Waals surface area contributed by atoms with Gasteiger partial charge in [-0.25, -0.2) is 0 Å². The fourth-order valence-corrected chi connectivity index (χ4v) is 4.14. The molecule has 0 amide bonds. The van der Waals surface area contributed by atoms with E-state index in [0.29, 0.717) is 23.9 Å². The molecule has 7 nitrogen and oxygen atoms in total. The summed E-state index contributed by atoms with van der Waals surface area (Å²) in [5.74, 6) is -6.64. The van der Waals surface area contributed by atoms with Gasteiger partial charge in [0, 0.05) is 13.0 Å². The van der Waals surface area contributed by atoms with Crippen molar-refractivity contribution >= 4 is 13.6 Å². The molecule has 35 heavy (non-hydrogen) atoms. The molecule has 0 radical (unpaired) electrons. The molecule has 0 bridgehead atoms. The predicted molar refractivity (Wildman–Crippen MR) is 133 cm³/mol. The summed E-state index contributed by atoms with van der Waals surface area (Å²) in [5.41, 5.74) is 0. The molecule has 0 aliphatic heterocycles. The number of Topliss-reactive ketones (excluding diaryl/α,β-unsaturated/α-hetero) is 1. The number of hydrogen-bond acceptors (Lipinski definition) is 6. The van der Waals surface area contributed by atoms with E-state index in [1.165, 1.54) is 6.42 Å². The number of halogens is 2. The number of phosphoric ester groups is 1. The summed E-state index contributed by atoms with van der Waals surface area (Å²) in [6.07, 6.45) is 9.91. The second kappa shape index (κ2) is 18.8. The quantitative estimate of drug-likeness (QED) is 0.0899. The van der Waals surface area contributed by atoms with Gasteiger partial charge in [0.1, 0.15) is 13.2 Å². The fourth-order valence-electron chi connectivity index (χ4n) is 3.40. The van der Waals surface area contributed by atoms with Crippen molar-refractivity contribution in [2.45, 2.75) is 96.8 Å². The van der Waals surface area contributed by atoms with Crippen molar-refractivity contribution in [2.75, 3.05) is 54.1 Å². The average Bonchev–Trinajstić information content (AvgIpc) is 2.75. The average molecular weight is 530 g/mol. The number of ether oxygens (including phenoxy) is 1. The highest BCUT2D eigenvalue weighted by Crippen LogP contribution is 2.40. The van der Waals surface area contributed by atoms with Crippen LogP contribution in [0.1, 0.15) is 90.9 Å². The van der Waals surface area contributed by atoms with Gasteiger partial charge in [-0.05, 0) is 12.8 Å². The number of likely N-dealkylation sites (N-methyl/N-ethyl adjacent to an activating group) is 1. The molecular formula is C25H50F2NO6P. The Hall–Kier alpha value is -0.440. The Labute approximate surface area is 212 Å². The number of phosphoric acid groups is 1. The minimum Gasteiger partial charge on any atom is -0.756 e. The molecule has 0 heterocycles. The molecule has 2 unspecified atom stereocenters. The lowest BCUT2D eigenvalue weighted by atomic mass is 9.95. The maximum absolute atomic E-state index is 15.0. The van der Waals surface area contributed by atoms with E-state index in [9.17, 15) is 14.3 Å². The second-order valence-corrected chi connectivity index (χ2v) is 11.8. The lowest BCUT2D eigenvalue weighted by Gasteiger charge is -2.30. The Balaban J connectivity index is 4.88. The Morgan fingerprint density at radius 1 is 0.857 bits per heavy atom. The number of carbonyl (C=O) groups is 1. The highest BCUT2D eigenvalue weighted by Gasteiger charge is 2.46. The van der Waals surface area contributed by atoms with Crippen LogP contribution in [0.3, 0.4) is 0 Å². The molecule has 0 saturated carbocycles. The van der Waals surface area contributed by atoms with Crippen LogP contribution in [0.2, 0.25) is 0 Å². The van der Waals surface area contributed by atoms with E-state index in [0.717, 1.165) is 51.4 Å². The van der Waals surface area contributed by atoms with Crippen molar-refractivity contribution in [3.05, 3.63) is 0 Å². The smallest absolute Gasteiger partial charge is 0.312 e. The zero-order chi connectivity index (χ0) is 26.8. The SMILES string of the molecule is CCCCCCCCOCC(COP(=O)([O-])OCC[N+](C)(C)C)C(F)(F)C(=O)CCCCCCC. The molecule has 0 saturated heterocycles. The van der Waals surface area contributed by atoms with E-state index < -0.39 is 38.7 Å². The van der Waals surface area contributed by atoms with Gasteiger partial charge in [-0.2, -0.15) is 8.78 Å². The topological polar surface area (TPSA) is 84.9 Å². The maximum atomic E-state index is 15.0. The van der Waals surface area contributed by atoms with Crippen LogP contribution in [0.4, 0.5) is 8.78 Å². The summed E-state index contributed by atoms with van der Waals surface area (Å²) in [6.45, 7) is 3.41. The first-order valence-electron chi connectivity index (χ1n) is 13.2. The first-order chi connectivity index (χ1) is 16.4. The van der Waals surface area contributed by atoms with E-state index in [2.05, 4.69) is 13.8 Å². The van der Waals surface area contributed by atoms with Crippen molar-refractivity contribution in [1.29, 1.82) is 0 Å². The number of quaternary nitrogens is 1. The molecule has 0 N–H and O–H groups in total. The second-order valence-electron chi connectivity index (χ2n) is 10.3. The van der Waals surface area contributed by atoms with Gasteiger partial charge in [-0.15, -0.1) is 0 Å². The lowest BCUT2D eigenvalue weighted by Crippen LogP contribution is -2.42. The molecule has 210 valence electrons. The number of rotatable bonds is 24. The number of nitrogens with zero attached hydrogens (tertiary/aromatic N) is 1. The number of ketones is 1. The highest BCUT2D eigenvalue weighted by atomic mass is 31.2. The third-order valence-electron chi connectivity index (χ3n) is 5.80. The van der Waals surface area contributed by atoms with Crippen LogP contribution >= 0.6 is 7.82 Å². The Morgan fingerprint density at radius 2 is 1.40 bits per heavy atom. The van der Waals surface area contributed by atoms with Gasteiger partial charge >= 0.3 is 5.92 Å². The number of unbranched alkanes of at least 4 members (excludes halogenated alkanes) is 9. The number of carbonyl (C=O) groups excluding carboxylic acids is 1. The number of alkyl halides is 2. The molecule has 0 aromatic heterocycles. The zero-order valence-corrected chi connectivity index (χ0v) is 23.6. The predicted octanol–water partition coefficient (Wildman–Crippen LogP) is 5.75. The van der Waals surface area contributed by atoms with Gasteiger partial charge in [-0.3, -0.25) is 9.36 Å². The minimum absolute atomic E-state index is 0.128. The van der Waals surface area contributed by atoms with Crippen LogP contribution in [0.15, 0.2) is 0 Å². The first kappa shape index (κ1) is 34.6. The molecule has 0 aliphatic rings. The van der Waals surface area contributed by atoms with Gasteiger partial charge in [0.2, 0.25) is 5.78 Å². The van der Waals surface area contributed by atoms with Crippen LogP contribution < -0.4 is 4.89 Å². The summed E-state index contributed by atoms with van der Waals surface area (Å²) in [4.78, 5) is 24.4. The fraction of sp³-hybridized carbons (Fsp3) is 0.960. The van der Waals surface area contributed by atoms with Crippen molar-refractivity contribution in [1.82, 2.24) is 0 Å². The van der Waals surface area contributed by atoms with Gasteiger partial charge in [0.15, 0.2) is 0 Å². The van der Waals surface area contributed by atoms with E-state index in [4.69, 9.17) is 13.8 Å². The Kier molecular flexibility index (Phi) is 18.5. The van der Waals surface area contributed by atoms with Gasteiger partial charge in [-0.1, -0.05) is 71.6 Å². The van der Waals surface area contributed by atoms with Crippen molar-refractivity contribution in [3.63, 3.8) is 0 Å². The molecule has 0 aromatic rings. The maximum Gasteiger partial charge on any atom is 0.312 e. The molecular weight excluding hydrogens is 479 g/mol. The summed E-state index contributed by atoms with van der Waals surface area (Å²) in [6, 6.07) is 0. The van der Waals surface area contributed by atoms with E-state index in [-0.39, 0.29) is 19.6 Å². The molecule has 0 aromatic carbocycles. The van der Waals surface area contributed by atoms with Crippen LogP contribution in [0.5, 0.6) is 0 Å². The third kappa shape index (κ3) is 18.5. The van der Waals surface area contributed by atoms with Gasteiger partial charge in [0.25, 0.3) is 7.82 Å². The van der Waals surface area contributed by atoms with Crippen LogP contribution in [-0.4, -0.2) is 70.3 Å². The molecule has 0 spiro atoms. The standard InChI is InChI=1S/C25H50F2NO6P/c1-6-8-10-12-14-16-19-32-21-23(22-34-35(30,31)33-20-18-28(3,4)5)25(26,27)24(29)17-15-13-11-9-7-2/h23H,6-22H2,1-5H3. The summed E-state index contributed by atoms with van der Waals surface area (Å²) in [5, 5.41) is 0. The molecule has 10 heteroatoms. The van der Waals surface area contributed by atoms with E-state index in [1.54, 1.807) is 0 Å². The van der Waals surface area contributed by atoms with Crippen molar-refractivity contribution in [3.8, 4) is 0 Å². The summed E-state index contributed by atoms with van der Waals surface area (Å²) >= 11 is 0. The van der Waals surface area contributed by atoms with E-state index >= 15 is 8.78 Å². The Bertz CT molecular complexity index is 601. The minimum atomic E-state index is -4.79. The summed E-state index contributed by atoms with van der Waals surface area (Å²) in [7, 11) is 0.813. The third-order valence-corrected chi connectivity index (χ3v) is 6.76. The number of hydrogen-bond donors (Lipinski definition) is 0. The zero-order valence-electron chi connectivity index (χ0n) is 22.7. The molecule has 2 atom stereocenters. The monoisotopic (exact) mass is 529 g/mol. The highest BCUT2D eigenvalue weighted by molar-refractivity contribution is 7.45. The molecule has 0 rings (SSSR count). The molecule has 0 fully saturated rings. The molecule has 0 aliphatic carbocycles. The normalized spacial score (nSPS) is 15.2. The summed E-state index contributed by atoms with van der Waals surface area (Å²) < 4.78 is 57.6. The van der Waals surface area contributed by atoms with Gasteiger partial charge in [0.05, 0.1) is 40.3 Å². The van der Waals surface area contributed by atoms with Gasteiger partial charge < -0.3 is 23.2 Å². The van der Waals surface area contributed by atoms with Crippen molar-refractivity contribution < 1.29 is 41.3 Å². The Morgan fingerprint density at radius 3 is 1.97 bits per heavy atom. The first-order valence-corrected chi connectivity index (χ1v) is 14.7. The van der Waals surface area contributed by atoms with Crippen LogP contribution in [0, 0.1) is 5.92 Å².